The predicted octanol–water partition coefficient (Wildman–Crippen LogP) is 2.39. The average Bonchev–Trinajstić information content (AvgIpc) is 3.05. The van der Waals surface area contributed by atoms with Crippen molar-refractivity contribution in [3.63, 3.8) is 0 Å². The lowest BCUT2D eigenvalue weighted by Crippen LogP contribution is -2.40. The van der Waals surface area contributed by atoms with E-state index in [1.807, 2.05) is 31.2 Å². The van der Waals surface area contributed by atoms with Gasteiger partial charge in [-0.1, -0.05) is 35.0 Å². The van der Waals surface area contributed by atoms with Gasteiger partial charge in [0.15, 0.2) is 0 Å². The van der Waals surface area contributed by atoms with E-state index in [9.17, 15) is 4.79 Å². The monoisotopic (exact) mass is 328 g/mol. The van der Waals surface area contributed by atoms with Gasteiger partial charge in [-0.05, 0) is 39.8 Å². The summed E-state index contributed by atoms with van der Waals surface area (Å²) in [5.74, 6) is 1.56. The predicted molar refractivity (Wildman–Crippen MR) is 91.2 cm³/mol. The van der Waals surface area contributed by atoms with Crippen LogP contribution in [0.4, 0.5) is 0 Å². The third-order valence-corrected chi connectivity index (χ3v) is 4.45. The van der Waals surface area contributed by atoms with E-state index in [0.717, 1.165) is 31.5 Å². The van der Waals surface area contributed by atoms with Gasteiger partial charge in [0, 0.05) is 18.0 Å². The van der Waals surface area contributed by atoms with E-state index in [4.69, 9.17) is 4.52 Å². The normalized spacial score (nSPS) is 16.2. The Kier molecular flexibility index (Phi) is 5.25. The van der Waals surface area contributed by atoms with Crippen LogP contribution in [0.5, 0.6) is 0 Å². The second-order valence-corrected chi connectivity index (χ2v) is 6.32. The van der Waals surface area contributed by atoms with Crippen molar-refractivity contribution in [1.82, 2.24) is 20.4 Å². The molecular formula is C18H24N4O2. The Morgan fingerprint density at radius 1 is 1.29 bits per heavy atom. The molecule has 0 radical (unpaired) electrons. The van der Waals surface area contributed by atoms with Crippen LogP contribution in [0.25, 0.3) is 11.4 Å². The second kappa shape index (κ2) is 7.57. The molecule has 6 heteroatoms. The highest BCUT2D eigenvalue weighted by molar-refractivity contribution is 5.78. The maximum atomic E-state index is 11.9. The number of rotatable bonds is 5. The molecule has 1 fully saturated rings. The van der Waals surface area contributed by atoms with Crippen LogP contribution in [-0.4, -0.2) is 40.6 Å². The first-order valence-corrected chi connectivity index (χ1v) is 8.55. The lowest BCUT2D eigenvalue weighted by atomic mass is 9.96. The van der Waals surface area contributed by atoms with Crippen molar-refractivity contribution >= 4 is 5.91 Å². The lowest BCUT2D eigenvalue weighted by molar-refractivity contribution is -0.126. The number of aryl methyl sites for hydroxylation is 1. The number of nitrogens with zero attached hydrogens (tertiary/aromatic N) is 3. The molecule has 128 valence electrons. The summed E-state index contributed by atoms with van der Waals surface area (Å²) in [6.07, 6.45) is 1.76. The molecule has 6 nitrogen and oxygen atoms in total. The third kappa shape index (κ3) is 4.00. The molecule has 1 N–H and O–H groups in total. The summed E-state index contributed by atoms with van der Waals surface area (Å²) in [5.41, 5.74) is 2.17. The number of carbonyl (C=O) groups excluding carboxylic acids is 1. The van der Waals surface area contributed by atoms with Crippen molar-refractivity contribution in [2.75, 3.05) is 19.6 Å². The third-order valence-electron chi connectivity index (χ3n) is 4.45. The lowest BCUT2D eigenvalue weighted by Gasteiger charge is -2.30. The van der Waals surface area contributed by atoms with Gasteiger partial charge >= 0.3 is 0 Å². The van der Waals surface area contributed by atoms with Crippen molar-refractivity contribution in [2.24, 2.45) is 5.92 Å². The Balaban J connectivity index is 1.54. The first-order chi connectivity index (χ1) is 11.7. The number of carbonyl (C=O) groups is 1. The van der Waals surface area contributed by atoms with Gasteiger partial charge in [0.1, 0.15) is 0 Å². The topological polar surface area (TPSA) is 71.3 Å². The Bertz CT molecular complexity index is 673. The molecule has 24 heavy (non-hydrogen) atoms. The number of nitrogens with one attached hydrogen (secondary N) is 1. The molecule has 1 aromatic heterocycles. The van der Waals surface area contributed by atoms with E-state index < -0.39 is 0 Å². The van der Waals surface area contributed by atoms with Gasteiger partial charge in [-0.25, -0.2) is 0 Å². The van der Waals surface area contributed by atoms with Crippen LogP contribution in [0, 0.1) is 12.8 Å². The van der Waals surface area contributed by atoms with Crippen LogP contribution in [0.1, 0.15) is 31.2 Å². The molecule has 1 amide bonds. The molecule has 1 aliphatic rings. The zero-order valence-electron chi connectivity index (χ0n) is 14.3. The summed E-state index contributed by atoms with van der Waals surface area (Å²) in [7, 11) is 0. The Morgan fingerprint density at radius 3 is 2.67 bits per heavy atom. The standard InChI is InChI=1S/C18H24N4O2/c1-3-19-18(23)15-8-10-22(11-9-15)12-16-20-17(21-24-16)14-6-4-13(2)5-7-14/h4-7,15H,3,8-12H2,1-2H3,(H,19,23). The summed E-state index contributed by atoms with van der Waals surface area (Å²) in [6.45, 7) is 7.10. The number of amides is 1. The summed E-state index contributed by atoms with van der Waals surface area (Å²) < 4.78 is 5.38. The van der Waals surface area contributed by atoms with Gasteiger partial charge in [0.25, 0.3) is 0 Å². The number of aromatic nitrogens is 2. The first-order valence-electron chi connectivity index (χ1n) is 8.55. The van der Waals surface area contributed by atoms with Crippen LogP contribution in [0.2, 0.25) is 0 Å². The molecule has 1 aromatic carbocycles. The van der Waals surface area contributed by atoms with E-state index in [2.05, 4.69) is 27.3 Å². The van der Waals surface area contributed by atoms with E-state index in [1.165, 1.54) is 5.56 Å². The Hall–Kier alpha value is -2.21. The smallest absolute Gasteiger partial charge is 0.241 e. The number of benzene rings is 1. The van der Waals surface area contributed by atoms with Gasteiger partial charge in [-0.15, -0.1) is 0 Å². The van der Waals surface area contributed by atoms with E-state index in [-0.39, 0.29) is 11.8 Å². The number of hydrogen-bond acceptors (Lipinski definition) is 5. The number of hydrogen-bond donors (Lipinski definition) is 1. The van der Waals surface area contributed by atoms with Crippen LogP contribution < -0.4 is 5.32 Å². The zero-order valence-corrected chi connectivity index (χ0v) is 14.3. The zero-order chi connectivity index (χ0) is 16.9. The van der Waals surface area contributed by atoms with Gasteiger partial charge in [0.05, 0.1) is 6.54 Å². The number of likely N-dealkylation sites (tertiary alicyclic amines) is 1. The highest BCUT2D eigenvalue weighted by Crippen LogP contribution is 2.20. The Morgan fingerprint density at radius 2 is 2.00 bits per heavy atom. The SMILES string of the molecule is CCNC(=O)C1CCN(Cc2nc(-c3ccc(C)cc3)no2)CC1. The van der Waals surface area contributed by atoms with E-state index in [1.54, 1.807) is 0 Å². The molecule has 2 aromatic rings. The maximum Gasteiger partial charge on any atom is 0.241 e. The van der Waals surface area contributed by atoms with E-state index in [0.29, 0.717) is 24.8 Å². The molecular weight excluding hydrogens is 304 g/mol. The van der Waals surface area contributed by atoms with Gasteiger partial charge in [-0.2, -0.15) is 4.98 Å². The summed E-state index contributed by atoms with van der Waals surface area (Å²) >= 11 is 0. The van der Waals surface area contributed by atoms with Crippen LogP contribution in [0.15, 0.2) is 28.8 Å². The minimum Gasteiger partial charge on any atom is -0.356 e. The van der Waals surface area contributed by atoms with Crippen molar-refractivity contribution in [3.8, 4) is 11.4 Å². The minimum absolute atomic E-state index is 0.131. The fourth-order valence-electron chi connectivity index (χ4n) is 3.00. The van der Waals surface area contributed by atoms with Gasteiger partial charge < -0.3 is 9.84 Å². The number of piperidine rings is 1. The van der Waals surface area contributed by atoms with Crippen molar-refractivity contribution in [1.29, 1.82) is 0 Å². The molecule has 0 atom stereocenters. The first kappa shape index (κ1) is 16.6. The van der Waals surface area contributed by atoms with Crippen molar-refractivity contribution < 1.29 is 9.32 Å². The largest absolute Gasteiger partial charge is 0.356 e. The molecule has 0 unspecified atom stereocenters. The molecule has 1 aliphatic heterocycles. The van der Waals surface area contributed by atoms with Crippen LogP contribution >= 0.6 is 0 Å². The average molecular weight is 328 g/mol. The fraction of sp³-hybridized carbons (Fsp3) is 0.500. The summed E-state index contributed by atoms with van der Waals surface area (Å²) in [6, 6.07) is 8.08. The van der Waals surface area contributed by atoms with Gasteiger partial charge in [-0.3, -0.25) is 9.69 Å². The highest BCUT2D eigenvalue weighted by Gasteiger charge is 2.25. The molecule has 0 saturated carbocycles. The molecule has 2 heterocycles. The summed E-state index contributed by atoms with van der Waals surface area (Å²) in [5, 5.41) is 6.98. The van der Waals surface area contributed by atoms with Crippen LogP contribution in [-0.2, 0) is 11.3 Å². The van der Waals surface area contributed by atoms with Crippen molar-refractivity contribution in [3.05, 3.63) is 35.7 Å². The minimum atomic E-state index is 0.131. The molecule has 0 spiro atoms. The maximum absolute atomic E-state index is 11.9. The fourth-order valence-corrected chi connectivity index (χ4v) is 3.00. The van der Waals surface area contributed by atoms with Crippen molar-refractivity contribution in [2.45, 2.75) is 33.2 Å². The van der Waals surface area contributed by atoms with Crippen LogP contribution in [0.3, 0.4) is 0 Å². The molecule has 0 aliphatic carbocycles. The quantitative estimate of drug-likeness (QED) is 0.912. The molecule has 1 saturated heterocycles. The van der Waals surface area contributed by atoms with E-state index >= 15 is 0 Å². The highest BCUT2D eigenvalue weighted by atomic mass is 16.5. The summed E-state index contributed by atoms with van der Waals surface area (Å²) in [4.78, 5) is 18.6. The molecule has 0 bridgehead atoms. The Labute approximate surface area is 142 Å². The second-order valence-electron chi connectivity index (χ2n) is 6.32. The molecule has 3 rings (SSSR count). The van der Waals surface area contributed by atoms with Gasteiger partial charge in [0.2, 0.25) is 17.6 Å².